The lowest BCUT2D eigenvalue weighted by atomic mass is 9.93. The normalized spacial score (nSPS) is 25.7. The predicted octanol–water partition coefficient (Wildman–Crippen LogP) is 1.55. The van der Waals surface area contributed by atoms with Crippen LogP contribution in [0.4, 0.5) is 18.9 Å². The Morgan fingerprint density at radius 1 is 1.41 bits per heavy atom. The maximum Gasteiger partial charge on any atom is 0.393 e. The van der Waals surface area contributed by atoms with Gasteiger partial charge in [-0.15, -0.1) is 0 Å². The van der Waals surface area contributed by atoms with E-state index < -0.39 is 23.9 Å². The molecule has 22 heavy (non-hydrogen) atoms. The number of alkyl halides is 3. The minimum Gasteiger partial charge on any atom is -0.489 e. The lowest BCUT2D eigenvalue weighted by Gasteiger charge is -2.32. The highest BCUT2D eigenvalue weighted by Gasteiger charge is 2.52. The van der Waals surface area contributed by atoms with Crippen molar-refractivity contribution >= 4 is 11.6 Å². The number of aromatic nitrogens is 1. The maximum atomic E-state index is 13.2. The molecule has 3 rings (SSSR count). The van der Waals surface area contributed by atoms with E-state index in [0.29, 0.717) is 11.4 Å². The summed E-state index contributed by atoms with van der Waals surface area (Å²) in [5.41, 5.74) is 0.439. The van der Waals surface area contributed by atoms with E-state index in [1.54, 1.807) is 18.0 Å². The van der Waals surface area contributed by atoms with E-state index in [1.807, 2.05) is 0 Å². The molecule has 1 fully saturated rings. The molecule has 1 saturated heterocycles. The highest BCUT2D eigenvalue weighted by molar-refractivity contribution is 5.97. The third-order valence-electron chi connectivity index (χ3n) is 4.13. The zero-order valence-electron chi connectivity index (χ0n) is 12.0. The van der Waals surface area contributed by atoms with Gasteiger partial charge >= 0.3 is 6.18 Å². The summed E-state index contributed by atoms with van der Waals surface area (Å²) in [5, 5.41) is 0. The lowest BCUT2D eigenvalue weighted by molar-refractivity contribution is -0.182. The van der Waals surface area contributed by atoms with E-state index in [1.165, 1.54) is 17.3 Å². The second-order valence-electron chi connectivity index (χ2n) is 5.66. The van der Waals surface area contributed by atoms with Crippen LogP contribution in [-0.4, -0.2) is 55.3 Å². The van der Waals surface area contributed by atoms with E-state index in [-0.39, 0.29) is 26.2 Å². The molecule has 0 aromatic carbocycles. The van der Waals surface area contributed by atoms with E-state index in [4.69, 9.17) is 4.74 Å². The Bertz CT molecular complexity index is 579. The zero-order chi connectivity index (χ0) is 15.9. The Morgan fingerprint density at radius 2 is 2.18 bits per heavy atom. The van der Waals surface area contributed by atoms with E-state index in [0.717, 1.165) is 0 Å². The van der Waals surface area contributed by atoms with Crippen LogP contribution in [0, 0.1) is 11.8 Å². The molecule has 3 heterocycles. The molecule has 1 aromatic rings. The molecule has 0 N–H and O–H groups in total. The quantitative estimate of drug-likeness (QED) is 0.789. The van der Waals surface area contributed by atoms with Crippen molar-refractivity contribution in [1.82, 2.24) is 9.88 Å². The number of pyridine rings is 1. The van der Waals surface area contributed by atoms with Gasteiger partial charge in [-0.25, -0.2) is 0 Å². The number of nitrogens with zero attached hydrogens (tertiary/aromatic N) is 3. The number of carbonyl (C=O) groups excluding carboxylic acids is 1. The van der Waals surface area contributed by atoms with Crippen molar-refractivity contribution in [3.8, 4) is 5.75 Å². The summed E-state index contributed by atoms with van der Waals surface area (Å²) in [6.07, 6.45) is -1.41. The number of hydrogen-bond acceptors (Lipinski definition) is 4. The van der Waals surface area contributed by atoms with Crippen molar-refractivity contribution in [2.24, 2.45) is 11.8 Å². The Morgan fingerprint density at radius 3 is 2.91 bits per heavy atom. The summed E-state index contributed by atoms with van der Waals surface area (Å²) in [4.78, 5) is 19.5. The molecule has 120 valence electrons. The summed E-state index contributed by atoms with van der Waals surface area (Å²) in [7, 11) is 1.60. The highest BCUT2D eigenvalue weighted by Crippen LogP contribution is 2.40. The second kappa shape index (κ2) is 5.42. The first kappa shape index (κ1) is 15.1. The van der Waals surface area contributed by atoms with Gasteiger partial charge in [0.05, 0.1) is 24.6 Å². The molecular formula is C14H16F3N3O2. The number of fused-ring (bicyclic) bond motifs is 1. The van der Waals surface area contributed by atoms with Crippen LogP contribution in [0.1, 0.15) is 0 Å². The molecule has 0 saturated carbocycles. The van der Waals surface area contributed by atoms with E-state index >= 15 is 0 Å². The molecular weight excluding hydrogens is 299 g/mol. The minimum absolute atomic E-state index is 0.107. The van der Waals surface area contributed by atoms with Gasteiger partial charge in [0.15, 0.2) is 0 Å². The average molecular weight is 315 g/mol. The minimum atomic E-state index is -4.38. The number of anilines is 1. The summed E-state index contributed by atoms with van der Waals surface area (Å²) >= 11 is 0. The van der Waals surface area contributed by atoms with Crippen molar-refractivity contribution in [3.05, 3.63) is 18.5 Å². The molecule has 0 radical (unpaired) electrons. The number of halogens is 3. The number of likely N-dealkylation sites (tertiary alicyclic amines) is 1. The van der Waals surface area contributed by atoms with Crippen molar-refractivity contribution in [1.29, 1.82) is 0 Å². The molecule has 5 nitrogen and oxygen atoms in total. The summed E-state index contributed by atoms with van der Waals surface area (Å²) in [6.45, 7) is 0.463. The van der Waals surface area contributed by atoms with Crippen molar-refractivity contribution in [3.63, 3.8) is 0 Å². The topological polar surface area (TPSA) is 45.7 Å². The largest absolute Gasteiger partial charge is 0.489 e. The predicted molar refractivity (Wildman–Crippen MR) is 72.6 cm³/mol. The molecule has 0 bridgehead atoms. The van der Waals surface area contributed by atoms with Gasteiger partial charge in [0, 0.05) is 25.4 Å². The maximum absolute atomic E-state index is 13.2. The molecule has 2 aliphatic heterocycles. The van der Waals surface area contributed by atoms with E-state index in [9.17, 15) is 18.0 Å². The standard InChI is InChI=1S/C14H16F3N3O2/c1-19-7-9(10(8-19)14(15,16)17)13(21)20-4-5-22-12-2-3-18-6-11(12)20/h2-3,6,9-10H,4-5,7-8H2,1H3/t9-,10-/m1/s1. The van der Waals surface area contributed by atoms with Gasteiger partial charge in [-0.1, -0.05) is 0 Å². The molecule has 1 aromatic heterocycles. The highest BCUT2D eigenvalue weighted by atomic mass is 19.4. The summed E-state index contributed by atoms with van der Waals surface area (Å²) in [5.74, 6) is -2.75. The smallest absolute Gasteiger partial charge is 0.393 e. The van der Waals surface area contributed by atoms with Crippen LogP contribution in [0.3, 0.4) is 0 Å². The monoisotopic (exact) mass is 315 g/mol. The van der Waals surface area contributed by atoms with Gasteiger partial charge in [-0.05, 0) is 7.05 Å². The van der Waals surface area contributed by atoms with Gasteiger partial charge < -0.3 is 14.5 Å². The number of rotatable bonds is 1. The average Bonchev–Trinajstić information content (AvgIpc) is 2.88. The van der Waals surface area contributed by atoms with Crippen LogP contribution in [0.2, 0.25) is 0 Å². The van der Waals surface area contributed by atoms with Crippen molar-refractivity contribution in [2.75, 3.05) is 38.2 Å². The van der Waals surface area contributed by atoms with Gasteiger partial charge in [0.2, 0.25) is 5.91 Å². The molecule has 8 heteroatoms. The third kappa shape index (κ3) is 2.63. The van der Waals surface area contributed by atoms with Crippen LogP contribution in [-0.2, 0) is 4.79 Å². The fraction of sp³-hybridized carbons (Fsp3) is 0.571. The van der Waals surface area contributed by atoms with Gasteiger partial charge in [0.25, 0.3) is 0 Å². The molecule has 0 spiro atoms. The molecule has 0 unspecified atom stereocenters. The fourth-order valence-electron chi connectivity index (χ4n) is 3.08. The van der Waals surface area contributed by atoms with Crippen molar-refractivity contribution in [2.45, 2.75) is 6.18 Å². The van der Waals surface area contributed by atoms with E-state index in [2.05, 4.69) is 4.98 Å². The first-order valence-corrected chi connectivity index (χ1v) is 7.01. The number of hydrogen-bond donors (Lipinski definition) is 0. The molecule has 0 aliphatic carbocycles. The number of carbonyl (C=O) groups is 1. The Kier molecular flexibility index (Phi) is 3.72. The van der Waals surface area contributed by atoms with Crippen LogP contribution in [0.25, 0.3) is 0 Å². The summed E-state index contributed by atoms with van der Waals surface area (Å²) in [6, 6.07) is 1.61. The van der Waals surface area contributed by atoms with Crippen LogP contribution >= 0.6 is 0 Å². The van der Waals surface area contributed by atoms with Crippen LogP contribution in [0.5, 0.6) is 5.75 Å². The number of ether oxygens (including phenoxy) is 1. The Hall–Kier alpha value is -1.83. The van der Waals surface area contributed by atoms with Gasteiger partial charge in [-0.2, -0.15) is 13.2 Å². The molecule has 2 atom stereocenters. The SMILES string of the molecule is CN1C[C@@H](C(F)(F)F)[C@H](C(=O)N2CCOc3ccncc32)C1. The third-order valence-corrected chi connectivity index (χ3v) is 4.13. The van der Waals surface area contributed by atoms with Crippen molar-refractivity contribution < 1.29 is 22.7 Å². The summed E-state index contributed by atoms with van der Waals surface area (Å²) < 4.78 is 44.9. The fourth-order valence-corrected chi connectivity index (χ4v) is 3.08. The first-order valence-electron chi connectivity index (χ1n) is 7.01. The van der Waals surface area contributed by atoms with Crippen LogP contribution < -0.4 is 9.64 Å². The van der Waals surface area contributed by atoms with Crippen LogP contribution in [0.15, 0.2) is 18.5 Å². The molecule has 1 amide bonds. The second-order valence-corrected chi connectivity index (χ2v) is 5.66. The lowest BCUT2D eigenvalue weighted by Crippen LogP contribution is -2.46. The Balaban J connectivity index is 1.88. The molecule has 2 aliphatic rings. The zero-order valence-corrected chi connectivity index (χ0v) is 12.0. The van der Waals surface area contributed by atoms with Gasteiger partial charge in [-0.3, -0.25) is 9.78 Å². The Labute approximate surface area is 125 Å². The number of amides is 1. The van der Waals surface area contributed by atoms with Gasteiger partial charge in [0.1, 0.15) is 18.0 Å². The first-order chi connectivity index (χ1) is 10.4.